The number of carbonyl (C=O) groups is 1. The lowest BCUT2D eigenvalue weighted by molar-refractivity contribution is -0.459. The van der Waals surface area contributed by atoms with Crippen LogP contribution in [0.3, 0.4) is 0 Å². The predicted octanol–water partition coefficient (Wildman–Crippen LogP) is 7.65. The van der Waals surface area contributed by atoms with Crippen molar-refractivity contribution in [2.24, 2.45) is 0 Å². The minimum atomic E-state index is -8.89. The second kappa shape index (κ2) is 8.91. The molecule has 22 heteroatoms. The number of halogens is 20. The standard InChI is InChI=1S/C16H5F20NO/c17-8(18,7(38)37-6-3-1-2-5(4-6)9(19,20)21)10(22,23)11(24,25)12(26,27)13(28,29)14(30,31)15(32,33)16(34,35)36/h1-4H,(H,37,38). The highest BCUT2D eigenvalue weighted by Gasteiger charge is 2.95. The van der Waals surface area contributed by atoms with Crippen molar-refractivity contribution in [2.45, 2.75) is 53.8 Å². The van der Waals surface area contributed by atoms with E-state index in [9.17, 15) is 92.6 Å². The summed E-state index contributed by atoms with van der Waals surface area (Å²) >= 11 is 0. The third-order valence-corrected chi connectivity index (χ3v) is 4.45. The number of nitrogens with one attached hydrogen (secondary N) is 1. The Balaban J connectivity index is 3.58. The molecular weight excluding hydrogens is 602 g/mol. The molecule has 0 heterocycles. The van der Waals surface area contributed by atoms with Gasteiger partial charge in [0.15, 0.2) is 0 Å². The van der Waals surface area contributed by atoms with Crippen LogP contribution in [-0.2, 0) is 11.0 Å². The predicted molar refractivity (Wildman–Crippen MR) is 80.8 cm³/mol. The summed E-state index contributed by atoms with van der Waals surface area (Å²) in [5.41, 5.74) is -3.41. The quantitative estimate of drug-likeness (QED) is 0.303. The molecule has 0 aliphatic carbocycles. The Hall–Kier alpha value is -2.71. The van der Waals surface area contributed by atoms with Crippen LogP contribution in [0.5, 0.6) is 0 Å². The van der Waals surface area contributed by atoms with Gasteiger partial charge in [-0.1, -0.05) is 6.07 Å². The van der Waals surface area contributed by atoms with E-state index >= 15 is 0 Å². The molecule has 0 radical (unpaired) electrons. The molecule has 0 aliphatic heterocycles. The van der Waals surface area contributed by atoms with E-state index in [1.807, 2.05) is 0 Å². The normalized spacial score (nSPS) is 15.5. The Kier molecular flexibility index (Phi) is 7.82. The monoisotopic (exact) mass is 607 g/mol. The molecule has 1 aromatic carbocycles. The third kappa shape index (κ3) is 4.66. The van der Waals surface area contributed by atoms with Gasteiger partial charge >= 0.3 is 59.7 Å². The Labute approximate surface area is 194 Å². The van der Waals surface area contributed by atoms with Gasteiger partial charge in [-0.3, -0.25) is 4.79 Å². The van der Waals surface area contributed by atoms with Gasteiger partial charge in [-0.25, -0.2) is 0 Å². The molecule has 0 saturated heterocycles. The number of hydrogen-bond acceptors (Lipinski definition) is 1. The van der Waals surface area contributed by atoms with Crippen LogP contribution < -0.4 is 5.32 Å². The van der Waals surface area contributed by atoms with Crippen LogP contribution >= 0.6 is 0 Å². The van der Waals surface area contributed by atoms with Crippen molar-refractivity contribution in [1.29, 1.82) is 0 Å². The third-order valence-electron chi connectivity index (χ3n) is 4.45. The summed E-state index contributed by atoms with van der Waals surface area (Å²) in [4.78, 5) is 11.3. The van der Waals surface area contributed by atoms with Gasteiger partial charge < -0.3 is 5.32 Å². The lowest BCUT2D eigenvalue weighted by Gasteiger charge is -2.42. The molecule has 1 amide bonds. The van der Waals surface area contributed by atoms with Crippen molar-refractivity contribution >= 4 is 11.6 Å². The summed E-state index contributed by atoms with van der Waals surface area (Å²) in [6.07, 6.45) is -13.2. The first-order valence-electron chi connectivity index (χ1n) is 8.56. The van der Waals surface area contributed by atoms with Crippen LogP contribution in [0, 0.1) is 0 Å². The van der Waals surface area contributed by atoms with E-state index in [1.165, 1.54) is 0 Å². The molecule has 220 valence electrons. The smallest absolute Gasteiger partial charge is 0.321 e. The van der Waals surface area contributed by atoms with Gasteiger partial charge in [-0.05, 0) is 18.2 Å². The highest BCUT2D eigenvalue weighted by atomic mass is 19.4. The van der Waals surface area contributed by atoms with Crippen LogP contribution in [0.2, 0.25) is 0 Å². The molecule has 0 spiro atoms. The van der Waals surface area contributed by atoms with Gasteiger partial charge in [0.05, 0.1) is 5.56 Å². The summed E-state index contributed by atoms with van der Waals surface area (Å²) in [7, 11) is 0. The number of anilines is 1. The van der Waals surface area contributed by atoms with Crippen LogP contribution in [-0.4, -0.2) is 53.5 Å². The Morgan fingerprint density at radius 3 is 1.26 bits per heavy atom. The van der Waals surface area contributed by atoms with Crippen molar-refractivity contribution in [3.63, 3.8) is 0 Å². The van der Waals surface area contributed by atoms with Gasteiger partial charge in [0.25, 0.3) is 0 Å². The topological polar surface area (TPSA) is 29.1 Å². The number of alkyl halides is 20. The van der Waals surface area contributed by atoms with E-state index in [0.717, 1.165) is 0 Å². The molecular formula is C16H5F20NO. The van der Waals surface area contributed by atoms with E-state index in [-0.39, 0.29) is 24.3 Å². The van der Waals surface area contributed by atoms with E-state index < -0.39 is 71.0 Å². The zero-order valence-electron chi connectivity index (χ0n) is 16.8. The van der Waals surface area contributed by atoms with E-state index in [4.69, 9.17) is 0 Å². The molecule has 0 unspecified atom stereocenters. The van der Waals surface area contributed by atoms with Gasteiger partial charge in [-0.2, -0.15) is 87.8 Å². The van der Waals surface area contributed by atoms with E-state index in [0.29, 0.717) is 5.32 Å². The largest absolute Gasteiger partial charge is 0.460 e. The number of amides is 1. The maximum Gasteiger partial charge on any atom is 0.460 e. The second-order valence-electron chi connectivity index (χ2n) is 7.05. The Morgan fingerprint density at radius 2 is 0.895 bits per heavy atom. The first-order chi connectivity index (χ1) is 16.4. The maximum absolute atomic E-state index is 13.8. The zero-order valence-corrected chi connectivity index (χ0v) is 16.8. The SMILES string of the molecule is O=C(Nc1cccc(C(F)(F)F)c1)C(F)(F)C(F)(F)C(F)(F)C(F)(F)C(F)(F)C(F)(F)C(F)(F)C(F)(F)F. The fraction of sp³-hybridized carbons (Fsp3) is 0.562. The number of hydrogen-bond donors (Lipinski definition) is 1. The van der Waals surface area contributed by atoms with Crippen molar-refractivity contribution in [3.05, 3.63) is 29.8 Å². The van der Waals surface area contributed by atoms with Gasteiger partial charge in [-0.15, -0.1) is 0 Å². The fourth-order valence-corrected chi connectivity index (χ4v) is 2.29. The molecule has 0 fully saturated rings. The molecule has 0 bridgehead atoms. The number of benzene rings is 1. The molecule has 1 aromatic rings. The van der Waals surface area contributed by atoms with Crippen LogP contribution in [0.4, 0.5) is 93.5 Å². The Bertz CT molecular complexity index is 1040. The Morgan fingerprint density at radius 1 is 0.526 bits per heavy atom. The molecule has 0 atom stereocenters. The highest BCUT2D eigenvalue weighted by molar-refractivity contribution is 5.97. The van der Waals surface area contributed by atoms with Crippen molar-refractivity contribution in [3.8, 4) is 0 Å². The second-order valence-corrected chi connectivity index (χ2v) is 7.05. The first kappa shape index (κ1) is 33.3. The lowest BCUT2D eigenvalue weighted by atomic mass is 9.89. The lowest BCUT2D eigenvalue weighted by Crippen LogP contribution is -2.75. The maximum atomic E-state index is 13.8. The van der Waals surface area contributed by atoms with Gasteiger partial charge in [0.2, 0.25) is 0 Å². The minimum absolute atomic E-state index is 0.163. The van der Waals surface area contributed by atoms with Crippen molar-refractivity contribution < 1.29 is 92.6 Å². The molecule has 1 rings (SSSR count). The average molecular weight is 607 g/mol. The first-order valence-corrected chi connectivity index (χ1v) is 8.56. The average Bonchev–Trinajstić information content (AvgIpc) is 2.71. The molecule has 0 aliphatic rings. The van der Waals surface area contributed by atoms with Gasteiger partial charge in [0, 0.05) is 5.69 Å². The summed E-state index contributed by atoms with van der Waals surface area (Å²) in [5, 5.41) is 0.386. The number of rotatable bonds is 8. The summed E-state index contributed by atoms with van der Waals surface area (Å²) in [5.74, 6) is -63.2. The van der Waals surface area contributed by atoms with E-state index in [1.54, 1.807) is 0 Å². The van der Waals surface area contributed by atoms with Crippen LogP contribution in [0.15, 0.2) is 24.3 Å². The zero-order chi connectivity index (χ0) is 30.8. The molecule has 38 heavy (non-hydrogen) atoms. The molecule has 0 aromatic heterocycles. The molecule has 0 saturated carbocycles. The van der Waals surface area contributed by atoms with Crippen LogP contribution in [0.1, 0.15) is 5.56 Å². The number of carbonyl (C=O) groups excluding carboxylic acids is 1. The van der Waals surface area contributed by atoms with Crippen molar-refractivity contribution in [2.75, 3.05) is 5.32 Å². The van der Waals surface area contributed by atoms with Crippen molar-refractivity contribution in [1.82, 2.24) is 0 Å². The summed E-state index contributed by atoms with van der Waals surface area (Å²) < 4.78 is 262. The van der Waals surface area contributed by atoms with E-state index in [2.05, 4.69) is 0 Å². The van der Waals surface area contributed by atoms with Crippen LogP contribution in [0.25, 0.3) is 0 Å². The highest BCUT2D eigenvalue weighted by Crippen LogP contribution is 2.64. The molecule has 2 nitrogen and oxygen atoms in total. The molecule has 1 N–H and O–H groups in total. The fourth-order valence-electron chi connectivity index (χ4n) is 2.29. The summed E-state index contributed by atoms with van der Waals surface area (Å²) in [6.45, 7) is 0. The summed E-state index contributed by atoms with van der Waals surface area (Å²) in [6, 6.07) is 0.297. The van der Waals surface area contributed by atoms with Gasteiger partial charge in [0.1, 0.15) is 0 Å². The minimum Gasteiger partial charge on any atom is -0.321 e.